The van der Waals surface area contributed by atoms with Crippen molar-refractivity contribution in [2.75, 3.05) is 20.1 Å². The third kappa shape index (κ3) is 19.2. The average Bonchev–Trinajstić information content (AvgIpc) is 3.72. The fraction of sp³-hybridized carbons (Fsp3) is 0.600. The van der Waals surface area contributed by atoms with Gasteiger partial charge >= 0.3 is 6.09 Å². The molecule has 1 amide bonds. The van der Waals surface area contributed by atoms with Crippen LogP contribution in [-0.4, -0.2) is 81.6 Å². The van der Waals surface area contributed by atoms with Crippen molar-refractivity contribution < 1.29 is 19.1 Å². The second-order valence-corrected chi connectivity index (χ2v) is 16.7. The fourth-order valence-corrected chi connectivity index (χ4v) is 5.17. The standard InChI is InChI=1S/C24H27N5.C14H29NO2.C5H10O2.C2H6/c1-4-13-29(3)16-24-25-15-23(28-24)20-10-7-18(8-11-20)5-6-19-9-12-21-22(14-19)27-17(2)26-21;1-9-14(7,8)10-15(11(2)3)12(16)17-13(4,5)6;1-5(2,3)7-4-6;1-2/h7-11,14-15,21H,4,12-13,16H2,1-3H3,(H,25,28)(H,26,27);11H,9-10H2,1-8H3;4H,1-3H3;1-2H3. The van der Waals surface area contributed by atoms with Gasteiger partial charge in [-0.15, -0.1) is 0 Å². The molecular weight excluding hydrogens is 689 g/mol. The number of amidine groups is 1. The van der Waals surface area contributed by atoms with E-state index < -0.39 is 5.60 Å². The van der Waals surface area contributed by atoms with E-state index in [2.05, 4.69) is 113 Å². The Balaban J connectivity index is 0.000000494. The normalized spacial score (nSPS) is 14.7. The van der Waals surface area contributed by atoms with Gasteiger partial charge in [0, 0.05) is 29.4 Å². The fourth-order valence-electron chi connectivity index (χ4n) is 5.17. The minimum atomic E-state index is -0.430. The zero-order valence-corrected chi connectivity index (χ0v) is 36.9. The molecule has 0 bridgehead atoms. The van der Waals surface area contributed by atoms with Crippen molar-refractivity contribution in [3.8, 4) is 23.1 Å². The highest BCUT2D eigenvalue weighted by Gasteiger charge is 2.29. The van der Waals surface area contributed by atoms with Crippen molar-refractivity contribution >= 4 is 18.4 Å². The van der Waals surface area contributed by atoms with Gasteiger partial charge in [-0.2, -0.15) is 0 Å². The molecule has 1 aliphatic carbocycles. The highest BCUT2D eigenvalue weighted by Crippen LogP contribution is 2.25. The molecule has 1 unspecified atom stereocenters. The molecule has 2 aromatic rings. The smallest absolute Gasteiger partial charge is 0.410 e. The molecule has 0 spiro atoms. The number of nitrogens with one attached hydrogen (secondary N) is 2. The molecule has 0 fully saturated rings. The second-order valence-electron chi connectivity index (χ2n) is 16.7. The zero-order valence-electron chi connectivity index (χ0n) is 36.9. The number of H-pyrrole nitrogens is 1. The van der Waals surface area contributed by atoms with Gasteiger partial charge in [-0.05, 0) is 124 Å². The molecule has 1 atom stereocenters. The molecule has 306 valence electrons. The summed E-state index contributed by atoms with van der Waals surface area (Å²) in [4.78, 5) is 38.3. The lowest BCUT2D eigenvalue weighted by Gasteiger charge is -2.35. The van der Waals surface area contributed by atoms with Gasteiger partial charge in [0.05, 0.1) is 30.3 Å². The molecule has 2 heterocycles. The molecule has 0 saturated heterocycles. The minimum absolute atomic E-state index is 0.126. The van der Waals surface area contributed by atoms with Gasteiger partial charge in [-0.3, -0.25) is 14.7 Å². The van der Waals surface area contributed by atoms with Gasteiger partial charge < -0.3 is 24.7 Å². The zero-order chi connectivity index (χ0) is 42.0. The maximum atomic E-state index is 12.1. The minimum Gasteiger partial charge on any atom is -0.462 e. The summed E-state index contributed by atoms with van der Waals surface area (Å²) in [6.07, 6.45) is 9.06. The number of benzene rings is 1. The van der Waals surface area contributed by atoms with Crippen LogP contribution in [0.5, 0.6) is 0 Å². The number of imidazole rings is 1. The van der Waals surface area contributed by atoms with Crippen LogP contribution in [0, 0.1) is 17.3 Å². The number of ether oxygens (including phenoxy) is 2. The summed E-state index contributed by atoms with van der Waals surface area (Å²) in [6.45, 7) is 33.0. The summed E-state index contributed by atoms with van der Waals surface area (Å²) in [6, 6.07) is 8.72. The van der Waals surface area contributed by atoms with E-state index in [1.165, 1.54) is 0 Å². The predicted molar refractivity (Wildman–Crippen MR) is 229 cm³/mol. The van der Waals surface area contributed by atoms with Crippen LogP contribution in [0.1, 0.15) is 135 Å². The number of hydrogen-bond acceptors (Lipinski definition) is 8. The summed E-state index contributed by atoms with van der Waals surface area (Å²) in [5, 5.41) is 3.32. The highest BCUT2D eigenvalue weighted by molar-refractivity contribution is 5.84. The number of aliphatic imine (C=N–C) groups is 1. The Morgan fingerprint density at radius 3 is 2.16 bits per heavy atom. The topological polar surface area (TPSA) is 112 Å². The van der Waals surface area contributed by atoms with Crippen LogP contribution in [0.3, 0.4) is 0 Å². The SMILES string of the molecule is CC.CC(C)(C)OC=O.CCC(C)(C)CN(C(=O)OC(C)(C)C)C(C)C.CCCN(C)Cc1ncc(-c2ccc(C#CC3=CCC4N=C(C)NC4=C3)cc2)[nH]1. The Bertz CT molecular complexity index is 1630. The molecule has 1 aliphatic heterocycles. The molecule has 55 heavy (non-hydrogen) atoms. The lowest BCUT2D eigenvalue weighted by Crippen LogP contribution is -2.45. The van der Waals surface area contributed by atoms with Gasteiger partial charge in [0.2, 0.25) is 0 Å². The molecule has 2 aliphatic rings. The van der Waals surface area contributed by atoms with Crippen LogP contribution in [0.25, 0.3) is 11.3 Å². The van der Waals surface area contributed by atoms with Crippen LogP contribution >= 0.6 is 0 Å². The van der Waals surface area contributed by atoms with E-state index in [1.54, 1.807) is 0 Å². The van der Waals surface area contributed by atoms with Crippen LogP contribution in [-0.2, 0) is 20.8 Å². The lowest BCUT2D eigenvalue weighted by atomic mass is 9.89. The van der Waals surface area contributed by atoms with Crippen LogP contribution in [0.15, 0.2) is 58.9 Å². The van der Waals surface area contributed by atoms with Crippen molar-refractivity contribution in [3.63, 3.8) is 0 Å². The van der Waals surface area contributed by atoms with Gasteiger partial charge in [0.25, 0.3) is 6.47 Å². The number of amides is 1. The van der Waals surface area contributed by atoms with E-state index in [0.717, 1.165) is 78.6 Å². The van der Waals surface area contributed by atoms with Crippen molar-refractivity contribution in [3.05, 3.63) is 65.3 Å². The first-order chi connectivity index (χ1) is 25.6. The number of rotatable bonds is 10. The summed E-state index contributed by atoms with van der Waals surface area (Å²) >= 11 is 0. The highest BCUT2D eigenvalue weighted by atomic mass is 16.6. The number of hydrogen-bond donors (Lipinski definition) is 2. The summed E-state index contributed by atoms with van der Waals surface area (Å²) in [5.41, 5.74) is 4.75. The van der Waals surface area contributed by atoms with Gasteiger partial charge in [0.15, 0.2) is 0 Å². The number of carbonyl (C=O) groups excluding carboxylic acids is 2. The third-order valence-corrected chi connectivity index (χ3v) is 8.31. The maximum Gasteiger partial charge on any atom is 0.410 e. The van der Waals surface area contributed by atoms with Crippen LogP contribution in [0.4, 0.5) is 4.79 Å². The molecule has 2 N–H and O–H groups in total. The quantitative estimate of drug-likeness (QED) is 0.183. The molecule has 1 aromatic heterocycles. The molecule has 0 saturated carbocycles. The van der Waals surface area contributed by atoms with E-state index in [1.807, 2.05) is 87.3 Å². The Morgan fingerprint density at radius 1 is 1.02 bits per heavy atom. The Kier molecular flexibility index (Phi) is 20.2. The number of aromatic amines is 1. The van der Waals surface area contributed by atoms with Crippen molar-refractivity contribution in [1.29, 1.82) is 0 Å². The molecule has 1 aromatic carbocycles. The molecule has 10 nitrogen and oxygen atoms in total. The van der Waals surface area contributed by atoms with Gasteiger partial charge in [0.1, 0.15) is 17.0 Å². The van der Waals surface area contributed by atoms with Crippen molar-refractivity contribution in [2.24, 2.45) is 10.4 Å². The second kappa shape index (κ2) is 22.9. The van der Waals surface area contributed by atoms with Crippen LogP contribution < -0.4 is 5.32 Å². The predicted octanol–water partition coefficient (Wildman–Crippen LogP) is 9.93. The van der Waals surface area contributed by atoms with Crippen molar-refractivity contribution in [1.82, 2.24) is 25.1 Å². The summed E-state index contributed by atoms with van der Waals surface area (Å²) in [7, 11) is 2.12. The largest absolute Gasteiger partial charge is 0.462 e. The van der Waals surface area contributed by atoms with Crippen LogP contribution in [0.2, 0.25) is 0 Å². The third-order valence-electron chi connectivity index (χ3n) is 8.31. The maximum absolute atomic E-state index is 12.1. The number of nitrogens with zero attached hydrogens (tertiary/aromatic N) is 4. The number of allylic oxidation sites excluding steroid dienone is 2. The lowest BCUT2D eigenvalue weighted by molar-refractivity contribution is -0.138. The monoisotopic (exact) mass is 761 g/mol. The van der Waals surface area contributed by atoms with Gasteiger partial charge in [-0.1, -0.05) is 71.6 Å². The summed E-state index contributed by atoms with van der Waals surface area (Å²) < 4.78 is 9.99. The average molecular weight is 761 g/mol. The van der Waals surface area contributed by atoms with E-state index in [0.29, 0.717) is 6.47 Å². The Hall–Kier alpha value is -4.36. The molecule has 0 radical (unpaired) electrons. The Labute approximate surface area is 333 Å². The van der Waals surface area contributed by atoms with Crippen molar-refractivity contribution in [2.45, 2.75) is 153 Å². The van der Waals surface area contributed by atoms with E-state index in [-0.39, 0.29) is 29.2 Å². The number of carbonyl (C=O) groups is 2. The molecular formula is C45H72N6O4. The van der Waals surface area contributed by atoms with E-state index in [4.69, 9.17) is 4.74 Å². The molecule has 10 heteroatoms. The van der Waals surface area contributed by atoms with E-state index in [9.17, 15) is 9.59 Å². The number of aromatic nitrogens is 2. The number of fused-ring (bicyclic) bond motifs is 1. The van der Waals surface area contributed by atoms with E-state index >= 15 is 0 Å². The first-order valence-corrected chi connectivity index (χ1v) is 19.8. The Morgan fingerprint density at radius 2 is 1.65 bits per heavy atom. The summed E-state index contributed by atoms with van der Waals surface area (Å²) in [5.74, 6) is 8.53. The van der Waals surface area contributed by atoms with Gasteiger partial charge in [-0.25, -0.2) is 9.78 Å². The first kappa shape index (κ1) is 48.7. The first-order valence-electron chi connectivity index (χ1n) is 19.8. The molecule has 4 rings (SSSR count).